The van der Waals surface area contributed by atoms with Crippen molar-refractivity contribution in [1.29, 1.82) is 0 Å². The molecule has 32 heavy (non-hydrogen) atoms. The Morgan fingerprint density at radius 2 is 1.88 bits per heavy atom. The Morgan fingerprint density at radius 3 is 2.62 bits per heavy atom. The van der Waals surface area contributed by atoms with E-state index in [-0.39, 0.29) is 27.5 Å². The smallest absolute Gasteiger partial charge is 0.308 e. The summed E-state index contributed by atoms with van der Waals surface area (Å²) in [5.41, 5.74) is 1.34. The maximum atomic E-state index is 13.4. The molecule has 2 aliphatic rings. The molecule has 170 valence electrons. The summed E-state index contributed by atoms with van der Waals surface area (Å²) in [6.07, 6.45) is 5.92. The van der Waals surface area contributed by atoms with Gasteiger partial charge in [0.05, 0.1) is 21.2 Å². The van der Waals surface area contributed by atoms with Gasteiger partial charge in [-0.2, -0.15) is 0 Å². The molecule has 1 fully saturated rings. The van der Waals surface area contributed by atoms with Gasteiger partial charge < -0.3 is 4.74 Å². The number of benzene rings is 2. The number of rotatable bonds is 4. The first-order valence-corrected chi connectivity index (χ1v) is 13.5. The predicted octanol–water partition coefficient (Wildman–Crippen LogP) is 5.15. The van der Waals surface area contributed by atoms with Crippen LogP contribution in [-0.2, 0) is 10.0 Å². The Bertz CT molecular complexity index is 1320. The van der Waals surface area contributed by atoms with E-state index in [0.717, 1.165) is 53.8 Å². The zero-order valence-corrected chi connectivity index (χ0v) is 20.0. The molecule has 3 aromatic rings. The molecule has 0 bridgehead atoms. The number of hydrogen-bond donors (Lipinski definition) is 1. The van der Waals surface area contributed by atoms with Gasteiger partial charge in [-0.15, -0.1) is 0 Å². The van der Waals surface area contributed by atoms with Gasteiger partial charge in [0.25, 0.3) is 0 Å². The van der Waals surface area contributed by atoms with Gasteiger partial charge in [0.15, 0.2) is 0 Å². The van der Waals surface area contributed by atoms with Crippen LogP contribution < -0.4 is 14.3 Å². The normalized spacial score (nSPS) is 20.4. The van der Waals surface area contributed by atoms with Crippen molar-refractivity contribution in [2.45, 2.75) is 75.0 Å². The maximum Gasteiger partial charge on any atom is 0.308 e. The minimum Gasteiger partial charge on any atom is -0.487 e. The number of aromatic nitrogens is 1. The zero-order chi connectivity index (χ0) is 22.5. The molecule has 0 amide bonds. The van der Waals surface area contributed by atoms with Gasteiger partial charge in [0.2, 0.25) is 10.0 Å². The summed E-state index contributed by atoms with van der Waals surface area (Å²) in [4.78, 5) is 12.5. The number of fused-ring (bicyclic) bond motifs is 2. The van der Waals surface area contributed by atoms with Gasteiger partial charge in [-0.25, -0.2) is 13.1 Å². The lowest BCUT2D eigenvalue weighted by molar-refractivity contribution is 0.0000753. The molecule has 1 atom stereocenters. The lowest BCUT2D eigenvalue weighted by Crippen LogP contribution is -2.46. The molecule has 1 aliphatic heterocycles. The van der Waals surface area contributed by atoms with Crippen LogP contribution in [0, 0.1) is 0 Å². The van der Waals surface area contributed by atoms with Crippen molar-refractivity contribution in [1.82, 2.24) is 9.29 Å². The lowest BCUT2D eigenvalue weighted by atomic mass is 9.77. The number of nitrogens with zero attached hydrogens (tertiary/aromatic N) is 1. The molecular formula is C24H28N2O4S2. The van der Waals surface area contributed by atoms with E-state index in [4.69, 9.17) is 4.74 Å². The van der Waals surface area contributed by atoms with Crippen LogP contribution in [0.25, 0.3) is 10.2 Å². The van der Waals surface area contributed by atoms with Crippen LogP contribution in [0.2, 0.25) is 0 Å². The number of sulfonamides is 1. The fourth-order valence-corrected chi connectivity index (χ4v) is 7.52. The fraction of sp³-hybridized carbons (Fsp3) is 0.458. The molecular weight excluding hydrogens is 444 g/mol. The number of ether oxygens (including phenoxy) is 1. The van der Waals surface area contributed by atoms with E-state index >= 15 is 0 Å². The third-order valence-corrected chi connectivity index (χ3v) is 9.06. The van der Waals surface area contributed by atoms with Crippen LogP contribution >= 0.6 is 11.3 Å². The van der Waals surface area contributed by atoms with Crippen LogP contribution in [-0.4, -0.2) is 18.6 Å². The molecule has 5 rings (SSSR count). The van der Waals surface area contributed by atoms with Crippen molar-refractivity contribution in [3.63, 3.8) is 0 Å². The summed E-state index contributed by atoms with van der Waals surface area (Å²) >= 11 is 1.08. The minimum atomic E-state index is -3.78. The quantitative estimate of drug-likeness (QED) is 0.570. The van der Waals surface area contributed by atoms with Gasteiger partial charge in [-0.3, -0.25) is 9.36 Å². The van der Waals surface area contributed by atoms with Crippen LogP contribution in [0.1, 0.15) is 70.0 Å². The van der Waals surface area contributed by atoms with Crippen molar-refractivity contribution >= 4 is 31.6 Å². The molecule has 1 N–H and O–H groups in total. The third-order valence-electron chi connectivity index (χ3n) is 6.67. The first-order chi connectivity index (χ1) is 15.3. The predicted molar refractivity (Wildman–Crippen MR) is 127 cm³/mol. The van der Waals surface area contributed by atoms with Gasteiger partial charge in [0, 0.05) is 18.0 Å². The van der Waals surface area contributed by atoms with Crippen molar-refractivity contribution in [3.05, 3.63) is 57.7 Å². The molecule has 1 spiro atoms. The van der Waals surface area contributed by atoms with Gasteiger partial charge in [-0.05, 0) is 63.8 Å². The summed E-state index contributed by atoms with van der Waals surface area (Å²) < 4.78 is 38.6. The van der Waals surface area contributed by atoms with E-state index < -0.39 is 10.0 Å². The first-order valence-electron chi connectivity index (χ1n) is 11.2. The third kappa shape index (κ3) is 3.78. The summed E-state index contributed by atoms with van der Waals surface area (Å²) in [7, 11) is -3.78. The van der Waals surface area contributed by atoms with E-state index in [2.05, 4.69) is 4.72 Å². The standard InChI is InChI=1S/C24H28N2O4S2/c1-16(2)26-20-11-10-17(14-22(20)31-23(26)27)32(28,29)25-19-15-24(12-6-3-7-13-24)30-21-9-5-4-8-18(19)21/h4-5,8-11,14,16,19,25H,3,6-7,12-13,15H2,1-2H3/t19-/m0/s1. The molecule has 2 aromatic carbocycles. The Balaban J connectivity index is 1.50. The maximum absolute atomic E-state index is 13.4. The zero-order valence-electron chi connectivity index (χ0n) is 18.3. The van der Waals surface area contributed by atoms with Crippen molar-refractivity contribution in [2.24, 2.45) is 0 Å². The van der Waals surface area contributed by atoms with E-state index in [1.54, 1.807) is 22.8 Å². The highest BCUT2D eigenvalue weighted by molar-refractivity contribution is 7.89. The number of para-hydroxylation sites is 1. The molecule has 1 aliphatic carbocycles. The topological polar surface area (TPSA) is 77.4 Å². The number of nitrogens with one attached hydrogen (secondary N) is 1. The van der Waals surface area contributed by atoms with Gasteiger partial charge >= 0.3 is 4.87 Å². The van der Waals surface area contributed by atoms with E-state index in [1.165, 1.54) is 6.42 Å². The lowest BCUT2D eigenvalue weighted by Gasteiger charge is -2.44. The van der Waals surface area contributed by atoms with E-state index in [9.17, 15) is 13.2 Å². The molecule has 0 unspecified atom stereocenters. The number of thiazole rings is 1. The van der Waals surface area contributed by atoms with Crippen LogP contribution in [0.4, 0.5) is 0 Å². The fourth-order valence-electron chi connectivity index (χ4n) is 5.15. The second kappa shape index (κ2) is 8.01. The summed E-state index contributed by atoms with van der Waals surface area (Å²) in [6.45, 7) is 3.90. The average molecular weight is 473 g/mol. The summed E-state index contributed by atoms with van der Waals surface area (Å²) in [5, 5.41) is 0. The summed E-state index contributed by atoms with van der Waals surface area (Å²) in [6, 6.07) is 12.3. The largest absolute Gasteiger partial charge is 0.487 e. The van der Waals surface area contributed by atoms with Crippen LogP contribution in [0.15, 0.2) is 52.2 Å². The second-order valence-electron chi connectivity index (χ2n) is 9.22. The molecule has 0 radical (unpaired) electrons. The first kappa shape index (κ1) is 21.7. The second-order valence-corrected chi connectivity index (χ2v) is 11.9. The number of hydrogen-bond acceptors (Lipinski definition) is 5. The molecule has 8 heteroatoms. The Kier molecular flexibility index (Phi) is 5.42. The Hall–Kier alpha value is -2.16. The monoisotopic (exact) mass is 472 g/mol. The highest BCUT2D eigenvalue weighted by Crippen LogP contribution is 2.46. The highest BCUT2D eigenvalue weighted by atomic mass is 32.2. The van der Waals surface area contributed by atoms with Crippen molar-refractivity contribution < 1.29 is 13.2 Å². The van der Waals surface area contributed by atoms with Gasteiger partial charge in [-0.1, -0.05) is 36.0 Å². The van der Waals surface area contributed by atoms with Crippen LogP contribution in [0.5, 0.6) is 5.75 Å². The van der Waals surface area contributed by atoms with Crippen molar-refractivity contribution in [2.75, 3.05) is 0 Å². The van der Waals surface area contributed by atoms with Gasteiger partial charge in [0.1, 0.15) is 11.4 Å². The van der Waals surface area contributed by atoms with Crippen molar-refractivity contribution in [3.8, 4) is 5.75 Å². The molecule has 6 nitrogen and oxygen atoms in total. The average Bonchev–Trinajstić information content (AvgIpc) is 3.09. The SMILES string of the molecule is CC(C)n1c(=O)sc2cc(S(=O)(=O)N[C@H]3CC4(CCCCC4)Oc4ccccc43)ccc21. The Labute approximate surface area is 192 Å². The van der Waals surface area contributed by atoms with E-state index in [0.29, 0.717) is 11.1 Å². The van der Waals surface area contributed by atoms with E-state index in [1.807, 2.05) is 38.1 Å². The molecule has 1 aromatic heterocycles. The van der Waals surface area contributed by atoms with Crippen LogP contribution in [0.3, 0.4) is 0 Å². The minimum absolute atomic E-state index is 0.0160. The molecule has 1 saturated carbocycles. The summed E-state index contributed by atoms with van der Waals surface area (Å²) in [5.74, 6) is 0.774. The highest BCUT2D eigenvalue weighted by Gasteiger charge is 2.43. The Morgan fingerprint density at radius 1 is 1.12 bits per heavy atom. The molecule has 2 heterocycles. The molecule has 0 saturated heterocycles.